The predicted molar refractivity (Wildman–Crippen MR) is 75.5 cm³/mol. The fraction of sp³-hybridized carbons (Fsp3) is 0.500. The van der Waals surface area contributed by atoms with Crippen LogP contribution in [-0.2, 0) is 16.0 Å². The number of carbonyl (C=O) groups excluding carboxylic acids is 1. The van der Waals surface area contributed by atoms with Crippen LogP contribution in [0.5, 0.6) is 0 Å². The van der Waals surface area contributed by atoms with Gasteiger partial charge in [-0.2, -0.15) is 0 Å². The zero-order valence-corrected chi connectivity index (χ0v) is 11.9. The molecule has 1 rings (SSSR count). The van der Waals surface area contributed by atoms with Crippen LogP contribution in [0.2, 0.25) is 0 Å². The lowest BCUT2D eigenvalue weighted by molar-refractivity contribution is -0.385. The minimum atomic E-state index is -0.355. The Morgan fingerprint density at radius 2 is 2.05 bits per heavy atom. The highest BCUT2D eigenvalue weighted by atomic mass is 16.6. The Labute approximate surface area is 118 Å². The lowest BCUT2D eigenvalue weighted by atomic mass is 10.1. The molecule has 20 heavy (non-hydrogen) atoms. The van der Waals surface area contributed by atoms with Gasteiger partial charge in [0.25, 0.3) is 5.69 Å². The van der Waals surface area contributed by atoms with E-state index >= 15 is 0 Å². The fourth-order valence-corrected chi connectivity index (χ4v) is 1.92. The average molecular weight is 280 g/mol. The maximum absolute atomic E-state index is 11.0. The number of ether oxygens (including phenoxy) is 1. The Morgan fingerprint density at radius 3 is 2.70 bits per heavy atom. The molecule has 0 fully saturated rings. The van der Waals surface area contributed by atoms with Crippen molar-refractivity contribution >= 4 is 11.7 Å². The number of hydrogen-bond acceptors (Lipinski definition) is 5. The van der Waals surface area contributed by atoms with Crippen molar-refractivity contribution in [1.82, 2.24) is 4.90 Å². The Morgan fingerprint density at radius 1 is 1.35 bits per heavy atom. The van der Waals surface area contributed by atoms with Crippen LogP contribution in [-0.4, -0.2) is 43.0 Å². The van der Waals surface area contributed by atoms with Crippen LogP contribution < -0.4 is 0 Å². The van der Waals surface area contributed by atoms with E-state index in [2.05, 4.69) is 9.64 Å². The number of para-hydroxylation sites is 1. The van der Waals surface area contributed by atoms with Gasteiger partial charge in [-0.25, -0.2) is 0 Å². The van der Waals surface area contributed by atoms with Crippen LogP contribution in [0.3, 0.4) is 0 Å². The topological polar surface area (TPSA) is 72.7 Å². The van der Waals surface area contributed by atoms with Gasteiger partial charge in [0.1, 0.15) is 0 Å². The molecule has 0 unspecified atom stereocenters. The molecule has 0 saturated heterocycles. The maximum Gasteiger partial charge on any atom is 0.305 e. The second-order valence-electron chi connectivity index (χ2n) is 4.62. The van der Waals surface area contributed by atoms with Gasteiger partial charge in [0.05, 0.1) is 12.0 Å². The number of esters is 1. The van der Waals surface area contributed by atoms with Crippen LogP contribution in [0.25, 0.3) is 0 Å². The van der Waals surface area contributed by atoms with Crippen LogP contribution in [0, 0.1) is 10.1 Å². The molecule has 0 spiro atoms. The smallest absolute Gasteiger partial charge is 0.305 e. The van der Waals surface area contributed by atoms with E-state index in [0.717, 1.165) is 18.5 Å². The van der Waals surface area contributed by atoms with Crippen molar-refractivity contribution in [3.63, 3.8) is 0 Å². The van der Waals surface area contributed by atoms with E-state index in [0.29, 0.717) is 19.4 Å². The summed E-state index contributed by atoms with van der Waals surface area (Å²) in [6, 6.07) is 6.77. The Kier molecular flexibility index (Phi) is 6.66. The predicted octanol–water partition coefficient (Wildman–Crippen LogP) is 2.02. The molecule has 0 radical (unpaired) electrons. The van der Waals surface area contributed by atoms with E-state index in [1.807, 2.05) is 7.05 Å². The first kappa shape index (κ1) is 16.1. The summed E-state index contributed by atoms with van der Waals surface area (Å²) in [6.07, 6.45) is 1.73. The molecule has 0 heterocycles. The van der Waals surface area contributed by atoms with Gasteiger partial charge in [0, 0.05) is 24.6 Å². The van der Waals surface area contributed by atoms with E-state index in [9.17, 15) is 14.9 Å². The van der Waals surface area contributed by atoms with Gasteiger partial charge < -0.3 is 9.64 Å². The number of nitro benzene ring substituents is 1. The molecule has 0 amide bonds. The molecule has 1 aromatic carbocycles. The third-order valence-electron chi connectivity index (χ3n) is 3.10. The zero-order valence-electron chi connectivity index (χ0n) is 11.9. The van der Waals surface area contributed by atoms with Crippen molar-refractivity contribution in [2.24, 2.45) is 0 Å². The minimum absolute atomic E-state index is 0.162. The van der Waals surface area contributed by atoms with Crippen molar-refractivity contribution in [3.05, 3.63) is 39.9 Å². The van der Waals surface area contributed by atoms with Crippen LogP contribution >= 0.6 is 0 Å². The van der Waals surface area contributed by atoms with Gasteiger partial charge in [-0.05, 0) is 26.4 Å². The highest BCUT2D eigenvalue weighted by molar-refractivity contribution is 5.69. The number of rotatable bonds is 8. The molecule has 6 nitrogen and oxygen atoms in total. The standard InChI is InChI=1S/C14H20N2O4/c1-15(10-5-8-14(17)20-2)11-9-12-6-3-4-7-13(12)16(18)19/h3-4,6-7H,5,8-11H2,1-2H3. The Hall–Kier alpha value is -1.95. The first-order valence-electron chi connectivity index (χ1n) is 6.52. The molecule has 0 bridgehead atoms. The highest BCUT2D eigenvalue weighted by Gasteiger charge is 2.12. The molecule has 110 valence electrons. The molecule has 0 aliphatic carbocycles. The fourth-order valence-electron chi connectivity index (χ4n) is 1.92. The van der Waals surface area contributed by atoms with Crippen molar-refractivity contribution in [2.45, 2.75) is 19.3 Å². The molecule has 0 aliphatic heterocycles. The molecule has 0 saturated carbocycles. The van der Waals surface area contributed by atoms with Gasteiger partial charge in [-0.3, -0.25) is 14.9 Å². The van der Waals surface area contributed by atoms with Gasteiger partial charge in [-0.1, -0.05) is 18.2 Å². The number of carbonyl (C=O) groups is 1. The van der Waals surface area contributed by atoms with Crippen molar-refractivity contribution < 1.29 is 14.5 Å². The summed E-state index contributed by atoms with van der Waals surface area (Å²) in [4.78, 5) is 23.6. The van der Waals surface area contributed by atoms with Crippen molar-refractivity contribution in [2.75, 3.05) is 27.2 Å². The van der Waals surface area contributed by atoms with E-state index in [-0.39, 0.29) is 16.6 Å². The Bertz CT molecular complexity index is 462. The molecule has 0 aromatic heterocycles. The molecule has 6 heteroatoms. The first-order chi connectivity index (χ1) is 9.54. The average Bonchev–Trinajstić information content (AvgIpc) is 2.45. The van der Waals surface area contributed by atoms with Crippen molar-refractivity contribution in [1.29, 1.82) is 0 Å². The van der Waals surface area contributed by atoms with Crippen LogP contribution in [0.15, 0.2) is 24.3 Å². The van der Waals surface area contributed by atoms with E-state index in [1.165, 1.54) is 13.2 Å². The largest absolute Gasteiger partial charge is 0.469 e. The monoisotopic (exact) mass is 280 g/mol. The van der Waals surface area contributed by atoms with Gasteiger partial charge in [-0.15, -0.1) is 0 Å². The molecule has 1 aromatic rings. The lowest BCUT2D eigenvalue weighted by Crippen LogP contribution is -2.23. The number of methoxy groups -OCH3 is 1. The molecule has 0 atom stereocenters. The number of hydrogen-bond donors (Lipinski definition) is 0. The first-order valence-corrected chi connectivity index (χ1v) is 6.52. The molecular formula is C14H20N2O4. The summed E-state index contributed by atoms with van der Waals surface area (Å²) in [5.74, 6) is -0.211. The second-order valence-corrected chi connectivity index (χ2v) is 4.62. The van der Waals surface area contributed by atoms with Crippen LogP contribution in [0.4, 0.5) is 5.69 Å². The SMILES string of the molecule is COC(=O)CCCN(C)CCc1ccccc1[N+](=O)[O-]. The van der Waals surface area contributed by atoms with Gasteiger partial charge >= 0.3 is 5.97 Å². The number of nitrogens with zero attached hydrogens (tertiary/aromatic N) is 2. The normalized spacial score (nSPS) is 10.6. The van der Waals surface area contributed by atoms with E-state index in [4.69, 9.17) is 0 Å². The number of nitro groups is 1. The second kappa shape index (κ2) is 8.27. The molecule has 0 N–H and O–H groups in total. The summed E-state index contributed by atoms with van der Waals surface area (Å²) >= 11 is 0. The minimum Gasteiger partial charge on any atom is -0.469 e. The van der Waals surface area contributed by atoms with E-state index < -0.39 is 0 Å². The summed E-state index contributed by atoms with van der Waals surface area (Å²) < 4.78 is 4.57. The molecule has 0 aliphatic rings. The summed E-state index contributed by atoms with van der Waals surface area (Å²) in [7, 11) is 3.31. The highest BCUT2D eigenvalue weighted by Crippen LogP contribution is 2.18. The Balaban J connectivity index is 2.39. The third kappa shape index (κ3) is 5.36. The summed E-state index contributed by atoms with van der Waals surface area (Å²) in [6.45, 7) is 1.47. The summed E-state index contributed by atoms with van der Waals surface area (Å²) in [5.41, 5.74) is 0.896. The summed E-state index contributed by atoms with van der Waals surface area (Å²) in [5, 5.41) is 10.9. The van der Waals surface area contributed by atoms with Gasteiger partial charge in [0.2, 0.25) is 0 Å². The maximum atomic E-state index is 11.0. The quantitative estimate of drug-likeness (QED) is 0.414. The van der Waals surface area contributed by atoms with Gasteiger partial charge in [0.15, 0.2) is 0 Å². The van der Waals surface area contributed by atoms with Crippen molar-refractivity contribution in [3.8, 4) is 0 Å². The molecular weight excluding hydrogens is 260 g/mol. The van der Waals surface area contributed by atoms with Crippen LogP contribution in [0.1, 0.15) is 18.4 Å². The zero-order chi connectivity index (χ0) is 15.0. The number of likely N-dealkylation sites (N-methyl/N-ethyl adjacent to an activating group) is 1. The van der Waals surface area contributed by atoms with E-state index in [1.54, 1.807) is 18.2 Å². The lowest BCUT2D eigenvalue weighted by Gasteiger charge is -2.16. The third-order valence-corrected chi connectivity index (χ3v) is 3.10. The number of benzene rings is 1.